The number of aromatic amines is 1. The number of benzene rings is 1. The van der Waals surface area contributed by atoms with Crippen LogP contribution in [-0.4, -0.2) is 34.4 Å². The second-order valence-electron chi connectivity index (χ2n) is 4.83. The molecule has 0 atom stereocenters. The van der Waals surface area contributed by atoms with Crippen molar-refractivity contribution in [2.24, 2.45) is 0 Å². The van der Waals surface area contributed by atoms with E-state index in [0.717, 1.165) is 0 Å². The highest BCUT2D eigenvalue weighted by atomic mass is 16.5. The summed E-state index contributed by atoms with van der Waals surface area (Å²) in [4.78, 5) is 19.6. The maximum absolute atomic E-state index is 11.3. The lowest BCUT2D eigenvalue weighted by Gasteiger charge is -2.15. The van der Waals surface area contributed by atoms with Crippen molar-refractivity contribution in [2.75, 3.05) is 20.0 Å². The van der Waals surface area contributed by atoms with E-state index in [1.807, 2.05) is 6.07 Å². The molecule has 0 bridgehead atoms. The summed E-state index contributed by atoms with van der Waals surface area (Å²) in [7, 11) is 3.11. The topological polar surface area (TPSA) is 116 Å². The number of nitrogen functional groups attached to an aromatic ring is 1. The van der Waals surface area contributed by atoms with Crippen LogP contribution in [0.4, 0.5) is 5.95 Å². The first-order valence-corrected chi connectivity index (χ1v) is 7.04. The molecule has 0 saturated carbocycles. The zero-order chi connectivity index (χ0) is 17.1. The molecule has 3 N–H and O–H groups in total. The second-order valence-corrected chi connectivity index (χ2v) is 4.83. The first-order valence-electron chi connectivity index (χ1n) is 7.04. The van der Waals surface area contributed by atoms with Crippen LogP contribution < -0.4 is 20.8 Å². The van der Waals surface area contributed by atoms with Gasteiger partial charge in [0.15, 0.2) is 0 Å². The molecule has 8 heteroatoms. The Balaban J connectivity index is 2.31. The minimum Gasteiger partial charge on any atom is -0.496 e. The number of rotatable bonds is 4. The standard InChI is InChI=1S/C16H15N5O3/c1-23-11-4-3-5-12(24-2)14(11)15-9(8-18-16(17)19-15)10-6-7-13(22)21-20-10/h3-8H,1-2H3,(H,21,22)(H2,17,18,19). The maximum atomic E-state index is 11.3. The molecule has 1 aromatic carbocycles. The van der Waals surface area contributed by atoms with Gasteiger partial charge in [0.25, 0.3) is 5.56 Å². The summed E-state index contributed by atoms with van der Waals surface area (Å²) in [6.07, 6.45) is 1.55. The number of nitrogens with two attached hydrogens (primary N) is 1. The van der Waals surface area contributed by atoms with Gasteiger partial charge in [0.05, 0.1) is 31.2 Å². The van der Waals surface area contributed by atoms with Gasteiger partial charge < -0.3 is 15.2 Å². The van der Waals surface area contributed by atoms with Gasteiger partial charge >= 0.3 is 0 Å². The summed E-state index contributed by atoms with van der Waals surface area (Å²) in [6.45, 7) is 0. The molecule has 2 heterocycles. The van der Waals surface area contributed by atoms with E-state index in [2.05, 4.69) is 20.2 Å². The quantitative estimate of drug-likeness (QED) is 0.746. The van der Waals surface area contributed by atoms with E-state index < -0.39 is 0 Å². The molecule has 8 nitrogen and oxygen atoms in total. The predicted molar refractivity (Wildman–Crippen MR) is 88.8 cm³/mol. The van der Waals surface area contributed by atoms with Crippen LogP contribution in [0.1, 0.15) is 0 Å². The molecule has 0 radical (unpaired) electrons. The van der Waals surface area contributed by atoms with Crippen molar-refractivity contribution in [3.05, 3.63) is 46.9 Å². The van der Waals surface area contributed by atoms with E-state index in [0.29, 0.717) is 34.0 Å². The highest BCUT2D eigenvalue weighted by Crippen LogP contribution is 2.41. The number of nitrogens with one attached hydrogen (secondary N) is 1. The molecule has 122 valence electrons. The summed E-state index contributed by atoms with van der Waals surface area (Å²) in [5.74, 6) is 1.24. The Kier molecular flexibility index (Phi) is 4.11. The Morgan fingerprint density at radius 1 is 1.08 bits per heavy atom. The van der Waals surface area contributed by atoms with Gasteiger partial charge in [-0.1, -0.05) is 6.07 Å². The lowest BCUT2D eigenvalue weighted by Crippen LogP contribution is -2.07. The van der Waals surface area contributed by atoms with Gasteiger partial charge in [0.1, 0.15) is 11.5 Å². The Labute approximate surface area is 137 Å². The Morgan fingerprint density at radius 2 is 1.79 bits per heavy atom. The number of ether oxygens (including phenoxy) is 2. The van der Waals surface area contributed by atoms with Crippen molar-refractivity contribution in [1.82, 2.24) is 20.2 Å². The molecule has 0 aliphatic carbocycles. The van der Waals surface area contributed by atoms with E-state index in [1.165, 1.54) is 6.07 Å². The molecule has 0 unspecified atom stereocenters. The smallest absolute Gasteiger partial charge is 0.264 e. The van der Waals surface area contributed by atoms with Crippen molar-refractivity contribution in [3.8, 4) is 34.0 Å². The zero-order valence-electron chi connectivity index (χ0n) is 13.1. The molecule has 0 spiro atoms. The van der Waals surface area contributed by atoms with Crippen LogP contribution in [0.5, 0.6) is 11.5 Å². The molecule has 0 aliphatic heterocycles. The summed E-state index contributed by atoms with van der Waals surface area (Å²) < 4.78 is 10.9. The first kappa shape index (κ1) is 15.5. The van der Waals surface area contributed by atoms with Crippen LogP contribution >= 0.6 is 0 Å². The van der Waals surface area contributed by atoms with Gasteiger partial charge in [0.2, 0.25) is 5.95 Å². The van der Waals surface area contributed by atoms with Gasteiger partial charge in [-0.05, 0) is 18.2 Å². The van der Waals surface area contributed by atoms with E-state index >= 15 is 0 Å². The molecule has 3 aromatic rings. The predicted octanol–water partition coefficient (Wildman–Crippen LogP) is 1.49. The summed E-state index contributed by atoms with van der Waals surface area (Å²) >= 11 is 0. The average molecular weight is 325 g/mol. The van der Waals surface area contributed by atoms with Crippen molar-refractivity contribution in [1.29, 1.82) is 0 Å². The highest BCUT2D eigenvalue weighted by Gasteiger charge is 2.20. The van der Waals surface area contributed by atoms with Crippen molar-refractivity contribution in [3.63, 3.8) is 0 Å². The second kappa shape index (κ2) is 6.37. The fourth-order valence-electron chi connectivity index (χ4n) is 2.35. The normalized spacial score (nSPS) is 10.4. The Bertz CT molecular complexity index is 896. The Hall–Kier alpha value is -3.42. The third-order valence-electron chi connectivity index (χ3n) is 3.43. The number of hydrogen-bond donors (Lipinski definition) is 2. The highest BCUT2D eigenvalue weighted by molar-refractivity contribution is 5.85. The fourth-order valence-corrected chi connectivity index (χ4v) is 2.35. The van der Waals surface area contributed by atoms with Crippen LogP contribution in [0.3, 0.4) is 0 Å². The maximum Gasteiger partial charge on any atom is 0.264 e. The summed E-state index contributed by atoms with van der Waals surface area (Å²) in [5, 5.41) is 6.43. The number of anilines is 1. The van der Waals surface area contributed by atoms with Crippen molar-refractivity contribution < 1.29 is 9.47 Å². The zero-order valence-corrected chi connectivity index (χ0v) is 13.1. The van der Waals surface area contributed by atoms with Gasteiger partial charge in [-0.2, -0.15) is 5.10 Å². The number of H-pyrrole nitrogens is 1. The minimum atomic E-state index is -0.300. The van der Waals surface area contributed by atoms with Crippen LogP contribution in [0.15, 0.2) is 41.3 Å². The summed E-state index contributed by atoms with van der Waals surface area (Å²) in [5.41, 5.74) is 7.67. The number of methoxy groups -OCH3 is 2. The van der Waals surface area contributed by atoms with Crippen LogP contribution in [0.25, 0.3) is 22.5 Å². The lowest BCUT2D eigenvalue weighted by atomic mass is 10.0. The van der Waals surface area contributed by atoms with Gasteiger partial charge in [-0.3, -0.25) is 4.79 Å². The number of hydrogen-bond acceptors (Lipinski definition) is 7. The van der Waals surface area contributed by atoms with Crippen molar-refractivity contribution in [2.45, 2.75) is 0 Å². The number of nitrogens with zero attached hydrogens (tertiary/aromatic N) is 3. The fraction of sp³-hybridized carbons (Fsp3) is 0.125. The van der Waals surface area contributed by atoms with E-state index in [1.54, 1.807) is 38.6 Å². The third-order valence-corrected chi connectivity index (χ3v) is 3.43. The average Bonchev–Trinajstić information content (AvgIpc) is 2.61. The molecular weight excluding hydrogens is 310 g/mol. The molecule has 0 aliphatic rings. The minimum absolute atomic E-state index is 0.103. The third kappa shape index (κ3) is 2.76. The molecule has 2 aromatic heterocycles. The van der Waals surface area contributed by atoms with E-state index in [4.69, 9.17) is 15.2 Å². The SMILES string of the molecule is COc1cccc(OC)c1-c1nc(N)ncc1-c1ccc(=O)[nH]n1. The Morgan fingerprint density at radius 3 is 2.38 bits per heavy atom. The van der Waals surface area contributed by atoms with Crippen LogP contribution in [0, 0.1) is 0 Å². The molecule has 24 heavy (non-hydrogen) atoms. The van der Waals surface area contributed by atoms with Crippen molar-refractivity contribution >= 4 is 5.95 Å². The van der Waals surface area contributed by atoms with Crippen LogP contribution in [-0.2, 0) is 0 Å². The molecule has 3 rings (SSSR count). The largest absolute Gasteiger partial charge is 0.496 e. The van der Waals surface area contributed by atoms with Gasteiger partial charge in [-0.25, -0.2) is 15.1 Å². The first-order chi connectivity index (χ1) is 11.6. The van der Waals surface area contributed by atoms with Crippen LogP contribution in [0.2, 0.25) is 0 Å². The van der Waals surface area contributed by atoms with Gasteiger partial charge in [0, 0.05) is 17.8 Å². The molecule has 0 saturated heterocycles. The van der Waals surface area contributed by atoms with E-state index in [-0.39, 0.29) is 11.5 Å². The van der Waals surface area contributed by atoms with Gasteiger partial charge in [-0.15, -0.1) is 0 Å². The lowest BCUT2D eigenvalue weighted by molar-refractivity contribution is 0.397. The monoisotopic (exact) mass is 325 g/mol. The molecular formula is C16H15N5O3. The van der Waals surface area contributed by atoms with E-state index in [9.17, 15) is 4.79 Å². The summed E-state index contributed by atoms with van der Waals surface area (Å²) in [6, 6.07) is 8.35. The molecule has 0 amide bonds. The number of aromatic nitrogens is 4. The molecule has 0 fully saturated rings.